The lowest BCUT2D eigenvalue weighted by Crippen LogP contribution is -2.47. The number of piperazine rings is 1. The zero-order valence-corrected chi connectivity index (χ0v) is 16.5. The van der Waals surface area contributed by atoms with Gasteiger partial charge in [0.05, 0.1) is 23.4 Å². The summed E-state index contributed by atoms with van der Waals surface area (Å²) in [6, 6.07) is 13.3. The normalized spacial score (nSPS) is 17.3. The van der Waals surface area contributed by atoms with Crippen molar-refractivity contribution in [2.24, 2.45) is 0 Å². The van der Waals surface area contributed by atoms with Gasteiger partial charge in [-0.1, -0.05) is 24.3 Å². The van der Waals surface area contributed by atoms with E-state index in [1.54, 1.807) is 0 Å². The zero-order valence-electron chi connectivity index (χ0n) is 16.5. The second kappa shape index (κ2) is 7.71. The van der Waals surface area contributed by atoms with Crippen LogP contribution >= 0.6 is 0 Å². The first-order chi connectivity index (χ1) is 13.1. The van der Waals surface area contributed by atoms with Gasteiger partial charge in [-0.05, 0) is 49.7 Å². The molecule has 0 bridgehead atoms. The molecule has 0 spiro atoms. The third-order valence-electron chi connectivity index (χ3n) is 5.75. The van der Waals surface area contributed by atoms with Crippen molar-refractivity contribution in [2.45, 2.75) is 19.9 Å². The number of rotatable bonds is 5. The summed E-state index contributed by atoms with van der Waals surface area (Å²) >= 11 is 0. The molecule has 1 aliphatic heterocycles. The molecule has 3 heterocycles. The molecule has 1 fully saturated rings. The Morgan fingerprint density at radius 3 is 2.56 bits per heavy atom. The van der Waals surface area contributed by atoms with E-state index in [4.69, 9.17) is 0 Å². The molecule has 1 atom stereocenters. The molecule has 1 aliphatic rings. The van der Waals surface area contributed by atoms with Crippen molar-refractivity contribution in [1.29, 1.82) is 0 Å². The van der Waals surface area contributed by atoms with E-state index in [1.807, 2.05) is 23.0 Å². The average molecular weight is 364 g/mol. The molecular formula is C22H29N5. The first kappa shape index (κ1) is 18.0. The van der Waals surface area contributed by atoms with Crippen LogP contribution in [0.5, 0.6) is 0 Å². The highest BCUT2D eigenvalue weighted by atomic mass is 15.3. The number of fused-ring (bicyclic) bond motifs is 1. The molecule has 0 aliphatic carbocycles. The third kappa shape index (κ3) is 3.70. The van der Waals surface area contributed by atoms with Crippen molar-refractivity contribution in [3.63, 3.8) is 0 Å². The molecule has 3 aromatic rings. The molecule has 142 valence electrons. The van der Waals surface area contributed by atoms with Crippen molar-refractivity contribution >= 4 is 11.2 Å². The molecule has 5 heteroatoms. The molecule has 5 nitrogen and oxygen atoms in total. The fraction of sp³-hybridized carbons (Fsp3) is 0.409. The van der Waals surface area contributed by atoms with E-state index in [0.29, 0.717) is 6.04 Å². The van der Waals surface area contributed by atoms with Crippen LogP contribution in [-0.4, -0.2) is 59.2 Å². The van der Waals surface area contributed by atoms with Gasteiger partial charge in [0.2, 0.25) is 0 Å². The number of benzene rings is 1. The van der Waals surface area contributed by atoms with Gasteiger partial charge in [0.1, 0.15) is 0 Å². The quantitative estimate of drug-likeness (QED) is 0.754. The van der Waals surface area contributed by atoms with Crippen molar-refractivity contribution in [1.82, 2.24) is 19.4 Å². The summed E-state index contributed by atoms with van der Waals surface area (Å²) in [6.45, 7) is 9.70. The second-order valence-electron chi connectivity index (χ2n) is 7.63. The van der Waals surface area contributed by atoms with Crippen LogP contribution in [0.1, 0.15) is 22.7 Å². The SMILES string of the molecule is Cc1ccccc1C(CNc1c(C)cnn2cccc12)N1CCN(C)CC1. The van der Waals surface area contributed by atoms with E-state index in [1.165, 1.54) is 22.4 Å². The fourth-order valence-corrected chi connectivity index (χ4v) is 4.05. The zero-order chi connectivity index (χ0) is 18.8. The van der Waals surface area contributed by atoms with Crippen LogP contribution in [0.2, 0.25) is 0 Å². The summed E-state index contributed by atoms with van der Waals surface area (Å²) in [6.07, 6.45) is 3.94. The lowest BCUT2D eigenvalue weighted by Gasteiger charge is -2.39. The number of likely N-dealkylation sites (N-methyl/N-ethyl adjacent to an activating group) is 1. The summed E-state index contributed by atoms with van der Waals surface area (Å²) in [5.74, 6) is 0. The van der Waals surface area contributed by atoms with Crippen molar-refractivity contribution < 1.29 is 0 Å². The summed E-state index contributed by atoms with van der Waals surface area (Å²) in [5, 5.41) is 8.22. The van der Waals surface area contributed by atoms with Gasteiger partial charge in [0, 0.05) is 38.9 Å². The first-order valence-corrected chi connectivity index (χ1v) is 9.78. The Morgan fingerprint density at radius 2 is 1.78 bits per heavy atom. The van der Waals surface area contributed by atoms with E-state index >= 15 is 0 Å². The predicted octanol–water partition coefficient (Wildman–Crippen LogP) is 3.35. The maximum atomic E-state index is 4.46. The van der Waals surface area contributed by atoms with E-state index < -0.39 is 0 Å². The molecule has 0 amide bonds. The van der Waals surface area contributed by atoms with Crippen molar-refractivity contribution in [3.8, 4) is 0 Å². The van der Waals surface area contributed by atoms with Gasteiger partial charge in [-0.15, -0.1) is 0 Å². The Balaban J connectivity index is 1.62. The maximum absolute atomic E-state index is 4.46. The summed E-state index contributed by atoms with van der Waals surface area (Å²) in [5.41, 5.74) is 6.29. The lowest BCUT2D eigenvalue weighted by molar-refractivity contribution is 0.116. The summed E-state index contributed by atoms with van der Waals surface area (Å²) < 4.78 is 1.94. The van der Waals surface area contributed by atoms with E-state index in [9.17, 15) is 0 Å². The molecule has 2 aromatic heterocycles. The standard InChI is InChI=1S/C22H29N5/c1-17-7-4-5-8-19(17)21(26-13-11-25(3)12-14-26)16-23-22-18(2)15-24-27-10-6-9-20(22)27/h4-10,15,21,23H,11-14,16H2,1-3H3. The van der Waals surface area contributed by atoms with Crippen LogP contribution in [0.4, 0.5) is 5.69 Å². The predicted molar refractivity (Wildman–Crippen MR) is 111 cm³/mol. The number of hydrogen-bond acceptors (Lipinski definition) is 4. The largest absolute Gasteiger partial charge is 0.381 e. The molecule has 1 saturated heterocycles. The molecule has 27 heavy (non-hydrogen) atoms. The minimum Gasteiger partial charge on any atom is -0.381 e. The lowest BCUT2D eigenvalue weighted by atomic mass is 9.99. The minimum atomic E-state index is 0.363. The van der Waals surface area contributed by atoms with Crippen LogP contribution in [0.3, 0.4) is 0 Å². The minimum absolute atomic E-state index is 0.363. The van der Waals surface area contributed by atoms with Gasteiger partial charge in [-0.2, -0.15) is 5.10 Å². The molecule has 0 saturated carbocycles. The number of hydrogen-bond donors (Lipinski definition) is 1. The Morgan fingerprint density at radius 1 is 1.00 bits per heavy atom. The first-order valence-electron chi connectivity index (χ1n) is 9.78. The van der Waals surface area contributed by atoms with Crippen LogP contribution < -0.4 is 5.32 Å². The van der Waals surface area contributed by atoms with Gasteiger partial charge in [-0.25, -0.2) is 4.52 Å². The molecule has 1 N–H and O–H groups in total. The smallest absolute Gasteiger partial charge is 0.0880 e. The number of aryl methyl sites for hydroxylation is 2. The Labute approximate surface area is 161 Å². The fourth-order valence-electron chi connectivity index (χ4n) is 4.05. The number of nitrogens with zero attached hydrogens (tertiary/aromatic N) is 4. The van der Waals surface area contributed by atoms with E-state index in [2.05, 4.69) is 71.4 Å². The summed E-state index contributed by atoms with van der Waals surface area (Å²) in [7, 11) is 2.21. The molecule has 4 rings (SSSR count). The van der Waals surface area contributed by atoms with Gasteiger partial charge in [-0.3, -0.25) is 4.90 Å². The van der Waals surface area contributed by atoms with Gasteiger partial charge >= 0.3 is 0 Å². The third-order valence-corrected chi connectivity index (χ3v) is 5.75. The number of aromatic nitrogens is 2. The van der Waals surface area contributed by atoms with E-state index in [0.717, 1.165) is 38.2 Å². The molecule has 1 unspecified atom stereocenters. The Hall–Kier alpha value is -2.37. The second-order valence-corrected chi connectivity index (χ2v) is 7.63. The summed E-state index contributed by atoms with van der Waals surface area (Å²) in [4.78, 5) is 5.04. The Bertz CT molecular complexity index is 908. The van der Waals surface area contributed by atoms with Crippen molar-refractivity contribution in [2.75, 3.05) is 45.1 Å². The van der Waals surface area contributed by atoms with Crippen LogP contribution in [-0.2, 0) is 0 Å². The van der Waals surface area contributed by atoms with Gasteiger partial charge < -0.3 is 10.2 Å². The highest BCUT2D eigenvalue weighted by Crippen LogP contribution is 2.27. The highest BCUT2D eigenvalue weighted by Gasteiger charge is 2.25. The number of anilines is 1. The Kier molecular flexibility index (Phi) is 5.14. The van der Waals surface area contributed by atoms with Crippen LogP contribution in [0, 0.1) is 13.8 Å². The van der Waals surface area contributed by atoms with Crippen molar-refractivity contribution in [3.05, 3.63) is 65.5 Å². The molecular weight excluding hydrogens is 334 g/mol. The maximum Gasteiger partial charge on any atom is 0.0880 e. The molecule has 1 aromatic carbocycles. The monoisotopic (exact) mass is 363 g/mol. The van der Waals surface area contributed by atoms with E-state index in [-0.39, 0.29) is 0 Å². The van der Waals surface area contributed by atoms with Crippen LogP contribution in [0.15, 0.2) is 48.8 Å². The van der Waals surface area contributed by atoms with Crippen LogP contribution in [0.25, 0.3) is 5.52 Å². The average Bonchev–Trinajstić information content (AvgIpc) is 3.15. The highest BCUT2D eigenvalue weighted by molar-refractivity contribution is 5.74. The van der Waals surface area contributed by atoms with Gasteiger partial charge in [0.15, 0.2) is 0 Å². The van der Waals surface area contributed by atoms with Gasteiger partial charge in [0.25, 0.3) is 0 Å². The molecule has 0 radical (unpaired) electrons. The topological polar surface area (TPSA) is 35.8 Å². The number of nitrogens with one attached hydrogen (secondary N) is 1.